The van der Waals surface area contributed by atoms with Crippen molar-refractivity contribution in [2.45, 2.75) is 57.2 Å². The number of carboxylic acid groups (broad SMARTS) is 1. The van der Waals surface area contributed by atoms with Crippen molar-refractivity contribution in [1.29, 1.82) is 0 Å². The number of halogens is 4. The van der Waals surface area contributed by atoms with Gasteiger partial charge >= 0.3 is 12.3 Å². The van der Waals surface area contributed by atoms with Gasteiger partial charge in [0.25, 0.3) is 6.02 Å². The zero-order chi connectivity index (χ0) is 22.6. The van der Waals surface area contributed by atoms with Crippen LogP contribution < -0.4 is 5.73 Å². The lowest BCUT2D eigenvalue weighted by atomic mass is 9.75. The summed E-state index contributed by atoms with van der Waals surface area (Å²) in [6.45, 7) is 5.41. The Morgan fingerprint density at radius 3 is 2.50 bits per heavy atom. The van der Waals surface area contributed by atoms with Crippen LogP contribution in [0.3, 0.4) is 0 Å². The molecular formula is C19H23F4N3O4. The Morgan fingerprint density at radius 1 is 1.33 bits per heavy atom. The summed E-state index contributed by atoms with van der Waals surface area (Å²) in [5.74, 6) is -2.29. The van der Waals surface area contributed by atoms with E-state index in [1.54, 1.807) is 0 Å². The molecule has 1 fully saturated rings. The van der Waals surface area contributed by atoms with Gasteiger partial charge in [0.1, 0.15) is 5.82 Å². The fourth-order valence-corrected chi connectivity index (χ4v) is 4.05. The third kappa shape index (κ3) is 3.55. The number of nitrogens with two attached hydrogens (primary N) is 1. The van der Waals surface area contributed by atoms with E-state index in [0.717, 1.165) is 6.07 Å². The first kappa shape index (κ1) is 22.1. The minimum atomic E-state index is -4.86. The van der Waals surface area contributed by atoms with E-state index in [-0.39, 0.29) is 11.3 Å². The molecule has 0 unspecified atom stereocenters. The lowest BCUT2D eigenvalue weighted by Crippen LogP contribution is -2.60. The topological polar surface area (TPSA) is 97.4 Å². The number of aliphatic imine (C=N–C) groups is 1. The highest BCUT2D eigenvalue weighted by atomic mass is 19.4. The molecule has 3 N–H and O–H groups in total. The monoisotopic (exact) mass is 433 g/mol. The summed E-state index contributed by atoms with van der Waals surface area (Å²) in [6, 6.07) is 0.330. The van der Waals surface area contributed by atoms with Crippen molar-refractivity contribution in [2.75, 3.05) is 12.3 Å². The van der Waals surface area contributed by atoms with Crippen molar-refractivity contribution in [3.05, 3.63) is 29.6 Å². The predicted molar refractivity (Wildman–Crippen MR) is 99.4 cm³/mol. The number of alkyl halides is 3. The highest BCUT2D eigenvalue weighted by molar-refractivity contribution is 5.91. The van der Waals surface area contributed by atoms with Crippen LogP contribution >= 0.6 is 0 Å². The second kappa shape index (κ2) is 7.00. The van der Waals surface area contributed by atoms with Crippen molar-refractivity contribution < 1.29 is 36.9 Å². The fraction of sp³-hybridized carbons (Fsp3) is 0.579. The van der Waals surface area contributed by atoms with E-state index >= 15 is 0 Å². The summed E-state index contributed by atoms with van der Waals surface area (Å²) >= 11 is 0. The Bertz CT molecular complexity index is 884. The number of ether oxygens (including phenoxy) is 2. The smallest absolute Gasteiger partial charge is 0.415 e. The Morgan fingerprint density at radius 2 is 1.97 bits per heavy atom. The number of nitrogen functional groups attached to an aromatic ring is 1. The molecule has 166 valence electrons. The van der Waals surface area contributed by atoms with Gasteiger partial charge in [0.2, 0.25) is 0 Å². The molecule has 2 aliphatic rings. The number of amides is 1. The van der Waals surface area contributed by atoms with Crippen LogP contribution in [0.2, 0.25) is 0 Å². The van der Waals surface area contributed by atoms with Crippen LogP contribution in [0.15, 0.2) is 23.2 Å². The van der Waals surface area contributed by atoms with Gasteiger partial charge in [-0.1, -0.05) is 0 Å². The average molecular weight is 433 g/mol. The van der Waals surface area contributed by atoms with Crippen LogP contribution in [-0.4, -0.2) is 52.6 Å². The summed E-state index contributed by atoms with van der Waals surface area (Å²) in [5.41, 5.74) is 2.49. The largest absolute Gasteiger partial charge is 0.465 e. The zero-order valence-electron chi connectivity index (χ0n) is 16.8. The maximum absolute atomic E-state index is 14.8. The normalized spacial score (nSPS) is 29.1. The van der Waals surface area contributed by atoms with Gasteiger partial charge in [0.05, 0.1) is 18.6 Å². The minimum absolute atomic E-state index is 0.112. The van der Waals surface area contributed by atoms with Crippen LogP contribution in [0.4, 0.5) is 28.0 Å². The molecule has 0 saturated carbocycles. The van der Waals surface area contributed by atoms with Gasteiger partial charge in [-0.05, 0) is 45.9 Å². The van der Waals surface area contributed by atoms with Gasteiger partial charge in [-0.3, -0.25) is 0 Å². The molecule has 11 heteroatoms. The molecule has 3 rings (SSSR count). The van der Waals surface area contributed by atoms with Gasteiger partial charge in [-0.2, -0.15) is 13.2 Å². The van der Waals surface area contributed by atoms with Crippen molar-refractivity contribution in [2.24, 2.45) is 10.9 Å². The molecule has 0 radical (unpaired) electrons. The number of anilines is 1. The molecule has 1 aromatic rings. The molecule has 30 heavy (non-hydrogen) atoms. The molecule has 1 amide bonds. The first-order valence-corrected chi connectivity index (χ1v) is 9.22. The van der Waals surface area contributed by atoms with E-state index in [4.69, 9.17) is 15.2 Å². The van der Waals surface area contributed by atoms with Gasteiger partial charge in [0.15, 0.2) is 11.6 Å². The van der Waals surface area contributed by atoms with E-state index in [2.05, 4.69) is 4.99 Å². The molecule has 0 aromatic heterocycles. The van der Waals surface area contributed by atoms with E-state index in [1.807, 2.05) is 0 Å². The summed E-state index contributed by atoms with van der Waals surface area (Å²) in [6.07, 6.45) is -7.40. The van der Waals surface area contributed by atoms with Crippen molar-refractivity contribution in [3.63, 3.8) is 0 Å². The maximum Gasteiger partial charge on any atom is 0.415 e. The van der Waals surface area contributed by atoms with E-state index in [9.17, 15) is 27.5 Å². The molecule has 0 aliphatic carbocycles. The van der Waals surface area contributed by atoms with E-state index in [1.165, 1.54) is 39.8 Å². The van der Waals surface area contributed by atoms with Gasteiger partial charge in [0, 0.05) is 16.8 Å². The molecule has 0 bridgehead atoms. The standard InChI is InChI=1S/C19H23F4N3O4/c1-9-13-14(19(21,22)23)25-15(26(16(27)28)17(2,3)4)30-18(13,8-29-9)11-7-10(24)5-6-12(11)20/h5-7,9,13-14H,8,24H2,1-4H3,(H,27,28)/t9-,13-,14+,18-/m1/s1. The lowest BCUT2D eigenvalue weighted by Gasteiger charge is -2.46. The van der Waals surface area contributed by atoms with E-state index < -0.39 is 59.9 Å². The van der Waals surface area contributed by atoms with Crippen LogP contribution in [-0.2, 0) is 15.1 Å². The van der Waals surface area contributed by atoms with Gasteiger partial charge in [-0.15, -0.1) is 0 Å². The van der Waals surface area contributed by atoms with E-state index in [0.29, 0.717) is 4.90 Å². The van der Waals surface area contributed by atoms with Gasteiger partial charge in [-0.25, -0.2) is 19.1 Å². The molecule has 1 aromatic carbocycles. The first-order chi connectivity index (χ1) is 13.7. The molecule has 2 heterocycles. The number of hydrogen-bond acceptors (Lipinski definition) is 5. The Kier molecular flexibility index (Phi) is 5.16. The van der Waals surface area contributed by atoms with Gasteiger partial charge < -0.3 is 20.3 Å². The van der Waals surface area contributed by atoms with Crippen LogP contribution in [0, 0.1) is 11.7 Å². The number of rotatable bonds is 1. The molecule has 7 nitrogen and oxygen atoms in total. The third-order valence-corrected chi connectivity index (χ3v) is 5.30. The number of carbonyl (C=O) groups is 1. The number of amidine groups is 1. The molecule has 0 spiro atoms. The second-order valence-corrected chi connectivity index (χ2v) is 8.46. The summed E-state index contributed by atoms with van der Waals surface area (Å²) < 4.78 is 68.3. The number of hydrogen-bond donors (Lipinski definition) is 2. The van der Waals surface area contributed by atoms with Crippen molar-refractivity contribution >= 4 is 17.8 Å². The number of fused-ring (bicyclic) bond motifs is 1. The molecular weight excluding hydrogens is 410 g/mol. The number of benzene rings is 1. The quantitative estimate of drug-likeness (QED) is 0.520. The highest BCUT2D eigenvalue weighted by Gasteiger charge is 2.65. The third-order valence-electron chi connectivity index (χ3n) is 5.30. The Balaban J connectivity index is 2.28. The Labute approximate surface area is 170 Å². The maximum atomic E-state index is 14.8. The molecule has 2 aliphatic heterocycles. The fourth-order valence-electron chi connectivity index (χ4n) is 4.05. The average Bonchev–Trinajstić information content (AvgIpc) is 2.92. The van der Waals surface area contributed by atoms with Crippen LogP contribution in [0.1, 0.15) is 33.3 Å². The first-order valence-electron chi connectivity index (χ1n) is 9.22. The zero-order valence-corrected chi connectivity index (χ0v) is 16.8. The molecule has 4 atom stereocenters. The summed E-state index contributed by atoms with van der Waals surface area (Å²) in [4.78, 5) is 16.1. The van der Waals surface area contributed by atoms with Crippen LogP contribution in [0.5, 0.6) is 0 Å². The summed E-state index contributed by atoms with van der Waals surface area (Å²) in [5, 5.41) is 9.65. The van der Waals surface area contributed by atoms with Crippen molar-refractivity contribution in [3.8, 4) is 0 Å². The molecule has 1 saturated heterocycles. The highest BCUT2D eigenvalue weighted by Crippen LogP contribution is 2.52. The predicted octanol–water partition coefficient (Wildman–Crippen LogP) is 3.73. The lowest BCUT2D eigenvalue weighted by molar-refractivity contribution is -0.184. The minimum Gasteiger partial charge on any atom is -0.465 e. The second-order valence-electron chi connectivity index (χ2n) is 8.46. The van der Waals surface area contributed by atoms with Crippen LogP contribution in [0.25, 0.3) is 0 Å². The van der Waals surface area contributed by atoms with Crippen molar-refractivity contribution in [1.82, 2.24) is 4.90 Å². The Hall–Kier alpha value is -2.56. The number of nitrogens with zero attached hydrogens (tertiary/aromatic N) is 2. The SMILES string of the molecule is C[C@H]1OC[C@]2(c3cc(N)ccc3F)OC(N(C(=O)O)C(C)(C)C)=N[C@H](C(F)(F)F)[C@@H]12. The summed E-state index contributed by atoms with van der Waals surface area (Å²) in [7, 11) is 0.